The van der Waals surface area contributed by atoms with Crippen molar-refractivity contribution < 1.29 is 4.42 Å². The van der Waals surface area contributed by atoms with Gasteiger partial charge in [0.05, 0.1) is 12.3 Å². The molecule has 0 fully saturated rings. The van der Waals surface area contributed by atoms with E-state index in [-0.39, 0.29) is 6.04 Å². The highest BCUT2D eigenvalue weighted by molar-refractivity contribution is 5.79. The summed E-state index contributed by atoms with van der Waals surface area (Å²) in [5.74, 6) is 1.86. The predicted molar refractivity (Wildman–Crippen MR) is 88.6 cm³/mol. The van der Waals surface area contributed by atoms with Crippen molar-refractivity contribution in [2.24, 2.45) is 4.99 Å². The quantitative estimate of drug-likeness (QED) is 0.346. The molecule has 1 aromatic rings. The molecular weight excluding hydrogens is 264 g/mol. The first kappa shape index (κ1) is 17.3. The van der Waals surface area contributed by atoms with Gasteiger partial charge < -0.3 is 14.6 Å². The van der Waals surface area contributed by atoms with Crippen molar-refractivity contribution in [2.45, 2.75) is 18.9 Å². The van der Waals surface area contributed by atoms with E-state index in [2.05, 4.69) is 33.7 Å². The first-order chi connectivity index (χ1) is 10.1. The van der Waals surface area contributed by atoms with E-state index in [1.807, 2.05) is 39.4 Å². The molecule has 1 unspecified atom stereocenters. The highest BCUT2D eigenvalue weighted by Gasteiger charge is 2.17. The second kappa shape index (κ2) is 9.23. The number of likely N-dealkylation sites (N-methyl/N-ethyl adjacent to an activating group) is 1. The summed E-state index contributed by atoms with van der Waals surface area (Å²) >= 11 is 0. The second-order valence-corrected chi connectivity index (χ2v) is 5.28. The maximum Gasteiger partial charge on any atom is 0.193 e. The first-order valence-corrected chi connectivity index (χ1v) is 7.32. The molecule has 1 N–H and O–H groups in total. The van der Waals surface area contributed by atoms with Crippen LogP contribution in [-0.2, 0) is 0 Å². The summed E-state index contributed by atoms with van der Waals surface area (Å²) in [7, 11) is 7.96. The lowest BCUT2D eigenvalue weighted by molar-refractivity contribution is 0.256. The Balaban J connectivity index is 2.54. The highest BCUT2D eigenvalue weighted by atomic mass is 16.3. The molecule has 5 nitrogen and oxygen atoms in total. The molecule has 118 valence electrons. The van der Waals surface area contributed by atoms with Crippen LogP contribution in [0, 0.1) is 0 Å². The van der Waals surface area contributed by atoms with E-state index in [1.54, 1.807) is 6.26 Å². The zero-order chi connectivity index (χ0) is 15.7. The maximum atomic E-state index is 5.52. The third kappa shape index (κ3) is 5.63. The molecule has 0 saturated carbocycles. The molecule has 0 saturated heterocycles. The van der Waals surface area contributed by atoms with Gasteiger partial charge >= 0.3 is 0 Å². The van der Waals surface area contributed by atoms with Crippen molar-refractivity contribution in [2.75, 3.05) is 41.3 Å². The molecule has 0 bridgehead atoms. The lowest BCUT2D eigenvalue weighted by atomic mass is 10.2. The van der Waals surface area contributed by atoms with Crippen LogP contribution in [0.1, 0.15) is 24.6 Å². The lowest BCUT2D eigenvalue weighted by Crippen LogP contribution is -2.43. The van der Waals surface area contributed by atoms with Gasteiger partial charge in [0.15, 0.2) is 5.96 Å². The number of unbranched alkanes of at least 4 members (excludes halogenated alkanes) is 1. The minimum absolute atomic E-state index is 0.179. The Morgan fingerprint density at radius 3 is 2.76 bits per heavy atom. The van der Waals surface area contributed by atoms with Crippen molar-refractivity contribution in [3.8, 4) is 0 Å². The standard InChI is InChI=1S/C16H28N4O/c1-6-7-8-11-20(5)16(17-2)18-13-14(19(3)4)15-10-9-12-21-15/h6,9-10,12,14H,1,7-8,11,13H2,2-5H3,(H,17,18). The van der Waals surface area contributed by atoms with Gasteiger partial charge in [-0.2, -0.15) is 0 Å². The van der Waals surface area contributed by atoms with Gasteiger partial charge in [-0.15, -0.1) is 6.58 Å². The summed E-state index contributed by atoms with van der Waals surface area (Å²) in [6.45, 7) is 5.46. The number of rotatable bonds is 8. The largest absolute Gasteiger partial charge is 0.468 e. The Morgan fingerprint density at radius 1 is 1.48 bits per heavy atom. The molecule has 0 amide bonds. The molecule has 0 aliphatic carbocycles. The summed E-state index contributed by atoms with van der Waals surface area (Å²) in [6, 6.07) is 4.10. The number of hydrogen-bond donors (Lipinski definition) is 1. The smallest absolute Gasteiger partial charge is 0.193 e. The summed E-state index contributed by atoms with van der Waals surface area (Å²) in [5, 5.41) is 3.41. The van der Waals surface area contributed by atoms with Crippen LogP contribution < -0.4 is 5.32 Å². The maximum absolute atomic E-state index is 5.52. The third-order valence-electron chi connectivity index (χ3n) is 3.42. The van der Waals surface area contributed by atoms with Gasteiger partial charge in [-0.1, -0.05) is 6.08 Å². The molecule has 0 aromatic carbocycles. The normalized spacial score (nSPS) is 13.3. The average Bonchev–Trinajstić information content (AvgIpc) is 2.97. The first-order valence-electron chi connectivity index (χ1n) is 7.32. The van der Waals surface area contributed by atoms with Gasteiger partial charge in [0.2, 0.25) is 0 Å². The average molecular weight is 292 g/mol. The van der Waals surface area contributed by atoms with E-state index in [0.29, 0.717) is 0 Å². The number of allylic oxidation sites excluding steroid dienone is 1. The Hall–Kier alpha value is -1.75. The molecule has 21 heavy (non-hydrogen) atoms. The van der Waals surface area contributed by atoms with Crippen LogP contribution in [0.4, 0.5) is 0 Å². The summed E-state index contributed by atoms with van der Waals surface area (Å²) < 4.78 is 5.52. The Labute approximate surface area is 128 Å². The Morgan fingerprint density at radius 2 is 2.24 bits per heavy atom. The van der Waals surface area contributed by atoms with E-state index in [9.17, 15) is 0 Å². The van der Waals surface area contributed by atoms with E-state index < -0.39 is 0 Å². The highest BCUT2D eigenvalue weighted by Crippen LogP contribution is 2.17. The summed E-state index contributed by atoms with van der Waals surface area (Å²) in [5.41, 5.74) is 0. The van der Waals surface area contributed by atoms with Crippen molar-refractivity contribution >= 4 is 5.96 Å². The van der Waals surface area contributed by atoms with Gasteiger partial charge in [-0.25, -0.2) is 0 Å². The van der Waals surface area contributed by atoms with Crippen molar-refractivity contribution in [1.29, 1.82) is 0 Å². The minimum atomic E-state index is 0.179. The summed E-state index contributed by atoms with van der Waals surface area (Å²) in [6.07, 6.45) is 5.76. The number of aliphatic imine (C=N–C) groups is 1. The SMILES string of the molecule is C=CCCCN(C)C(=NC)NCC(c1ccco1)N(C)C. The van der Waals surface area contributed by atoms with Crippen LogP contribution in [0.3, 0.4) is 0 Å². The van der Waals surface area contributed by atoms with E-state index in [1.165, 1.54) is 0 Å². The fourth-order valence-corrected chi connectivity index (χ4v) is 2.17. The number of nitrogens with one attached hydrogen (secondary N) is 1. The molecule has 1 heterocycles. The van der Waals surface area contributed by atoms with E-state index in [4.69, 9.17) is 4.42 Å². The monoisotopic (exact) mass is 292 g/mol. The molecule has 0 radical (unpaired) electrons. The van der Waals surface area contributed by atoms with Crippen molar-refractivity contribution in [3.63, 3.8) is 0 Å². The number of furan rings is 1. The number of guanidine groups is 1. The van der Waals surface area contributed by atoms with Crippen molar-refractivity contribution in [1.82, 2.24) is 15.1 Å². The molecule has 1 rings (SSSR count). The molecular formula is C16H28N4O. The van der Waals surface area contributed by atoms with Crippen molar-refractivity contribution in [3.05, 3.63) is 36.8 Å². The predicted octanol–water partition coefficient (Wildman–Crippen LogP) is 2.36. The lowest BCUT2D eigenvalue weighted by Gasteiger charge is -2.27. The van der Waals surface area contributed by atoms with Crippen LogP contribution in [0.15, 0.2) is 40.5 Å². The molecule has 1 atom stereocenters. The fraction of sp³-hybridized carbons (Fsp3) is 0.562. The second-order valence-electron chi connectivity index (χ2n) is 5.28. The Kier molecular flexibility index (Phi) is 7.61. The van der Waals surface area contributed by atoms with Gasteiger partial charge in [0, 0.05) is 27.2 Å². The number of hydrogen-bond acceptors (Lipinski definition) is 3. The molecule has 5 heteroatoms. The van der Waals surface area contributed by atoms with Crippen LogP contribution >= 0.6 is 0 Å². The van der Waals surface area contributed by atoms with Gasteiger partial charge in [-0.3, -0.25) is 9.89 Å². The topological polar surface area (TPSA) is 44.0 Å². The van der Waals surface area contributed by atoms with Gasteiger partial charge in [0.25, 0.3) is 0 Å². The van der Waals surface area contributed by atoms with Gasteiger partial charge in [0.1, 0.15) is 5.76 Å². The van der Waals surface area contributed by atoms with Crippen LogP contribution in [0.25, 0.3) is 0 Å². The zero-order valence-corrected chi connectivity index (χ0v) is 13.7. The minimum Gasteiger partial charge on any atom is -0.468 e. The third-order valence-corrected chi connectivity index (χ3v) is 3.42. The van der Waals surface area contributed by atoms with Crippen LogP contribution in [-0.4, -0.2) is 57.0 Å². The van der Waals surface area contributed by atoms with E-state index in [0.717, 1.165) is 37.7 Å². The molecule has 1 aromatic heterocycles. The summed E-state index contributed by atoms with van der Waals surface area (Å²) in [4.78, 5) is 8.61. The number of nitrogens with zero attached hydrogens (tertiary/aromatic N) is 3. The Bertz CT molecular complexity index is 425. The fourth-order valence-electron chi connectivity index (χ4n) is 2.17. The molecule has 0 spiro atoms. The van der Waals surface area contributed by atoms with Crippen LogP contribution in [0.2, 0.25) is 0 Å². The van der Waals surface area contributed by atoms with Gasteiger partial charge in [-0.05, 0) is 39.1 Å². The zero-order valence-electron chi connectivity index (χ0n) is 13.7. The molecule has 0 aliphatic heterocycles. The molecule has 0 aliphatic rings. The van der Waals surface area contributed by atoms with Crippen LogP contribution in [0.5, 0.6) is 0 Å². The van der Waals surface area contributed by atoms with E-state index >= 15 is 0 Å².